The molecule has 4 N–H and O–H groups in total. The van der Waals surface area contributed by atoms with Crippen LogP contribution in [0, 0.1) is 11.8 Å². The zero-order chi connectivity index (χ0) is 26.7. The van der Waals surface area contributed by atoms with E-state index in [0.29, 0.717) is 12.0 Å². The highest BCUT2D eigenvalue weighted by Gasteiger charge is 2.41. The first-order valence-electron chi connectivity index (χ1n) is 11.6. The van der Waals surface area contributed by atoms with E-state index >= 15 is 0 Å². The molecule has 0 bridgehead atoms. The first-order valence-corrected chi connectivity index (χ1v) is 11.6. The molecule has 1 aliphatic carbocycles. The van der Waals surface area contributed by atoms with Gasteiger partial charge in [0.2, 0.25) is 0 Å². The van der Waals surface area contributed by atoms with Crippen molar-refractivity contribution in [3.63, 3.8) is 0 Å². The Morgan fingerprint density at radius 3 is 2.36 bits per heavy atom. The Hall–Kier alpha value is -3.75. The van der Waals surface area contributed by atoms with E-state index in [9.17, 15) is 34.8 Å². The van der Waals surface area contributed by atoms with Crippen molar-refractivity contribution in [2.75, 3.05) is 7.11 Å². The third kappa shape index (κ3) is 7.37. The van der Waals surface area contributed by atoms with Crippen LogP contribution in [0.5, 0.6) is 17.2 Å². The van der Waals surface area contributed by atoms with Gasteiger partial charge in [-0.1, -0.05) is 49.8 Å². The molecule has 2 aromatic rings. The summed E-state index contributed by atoms with van der Waals surface area (Å²) >= 11 is 0. The summed E-state index contributed by atoms with van der Waals surface area (Å²) in [5, 5.41) is 38.3. The van der Waals surface area contributed by atoms with Crippen LogP contribution >= 0.6 is 0 Å². The number of hydrogen-bond acceptors (Lipinski definition) is 8. The number of rotatable bonds is 8. The fraction of sp³-hybridized carbons (Fsp3) is 0.321. The molecule has 2 aromatic carbocycles. The summed E-state index contributed by atoms with van der Waals surface area (Å²) in [6.45, 7) is 2.08. The minimum absolute atomic E-state index is 0.113. The highest BCUT2D eigenvalue weighted by Crippen LogP contribution is 2.29. The molecular weight excluding hydrogens is 464 g/mol. The van der Waals surface area contributed by atoms with Gasteiger partial charge < -0.3 is 30.0 Å². The normalized spacial score (nSPS) is 21.7. The Balaban J connectivity index is 0.000000254. The molecule has 4 atom stereocenters. The summed E-state index contributed by atoms with van der Waals surface area (Å²) in [7, 11) is 1.47. The zero-order valence-electron chi connectivity index (χ0n) is 20.3. The average Bonchev–Trinajstić information content (AvgIpc) is 2.87. The highest BCUT2D eigenvalue weighted by molar-refractivity contribution is 6.12. The quantitative estimate of drug-likeness (QED) is 0.189. The summed E-state index contributed by atoms with van der Waals surface area (Å²) < 4.78 is 4.94. The number of allylic oxidation sites excluding steroid dienone is 4. The van der Waals surface area contributed by atoms with Crippen molar-refractivity contribution in [3.8, 4) is 17.2 Å². The van der Waals surface area contributed by atoms with Gasteiger partial charge in [0.1, 0.15) is 29.6 Å². The number of aldehydes is 1. The Labute approximate surface area is 210 Å². The van der Waals surface area contributed by atoms with E-state index in [0.717, 1.165) is 12.8 Å². The maximum Gasteiger partial charge on any atom is 0.200 e. The molecule has 0 aromatic heterocycles. The number of aliphatic hydroxyl groups excluding tert-OH is 2. The molecule has 1 saturated carbocycles. The van der Waals surface area contributed by atoms with Crippen LogP contribution in [0.3, 0.4) is 0 Å². The summed E-state index contributed by atoms with van der Waals surface area (Å²) in [6.07, 6.45) is 7.72. The highest BCUT2D eigenvalue weighted by atomic mass is 16.5. The van der Waals surface area contributed by atoms with E-state index in [1.807, 2.05) is 12.2 Å². The number of ether oxygens (including phenoxy) is 1. The van der Waals surface area contributed by atoms with Crippen LogP contribution in [0.15, 0.2) is 66.8 Å². The van der Waals surface area contributed by atoms with Crippen LogP contribution in [0.25, 0.3) is 0 Å². The van der Waals surface area contributed by atoms with Crippen LogP contribution < -0.4 is 4.74 Å². The van der Waals surface area contributed by atoms with Crippen molar-refractivity contribution in [1.29, 1.82) is 0 Å². The lowest BCUT2D eigenvalue weighted by Gasteiger charge is -2.31. The third-order valence-electron chi connectivity index (χ3n) is 5.77. The molecule has 192 valence electrons. The average molecular weight is 497 g/mol. The maximum atomic E-state index is 12.1. The number of ketones is 2. The zero-order valence-corrected chi connectivity index (χ0v) is 20.3. The summed E-state index contributed by atoms with van der Waals surface area (Å²) in [5.74, 6) is -2.04. The number of aliphatic hydroxyl groups is 2. The van der Waals surface area contributed by atoms with Crippen molar-refractivity contribution in [2.45, 2.75) is 38.4 Å². The summed E-state index contributed by atoms with van der Waals surface area (Å²) in [6, 6.07) is 10.6. The van der Waals surface area contributed by atoms with Gasteiger partial charge in [0.15, 0.2) is 11.6 Å². The molecule has 0 amide bonds. The second-order valence-corrected chi connectivity index (χ2v) is 8.31. The van der Waals surface area contributed by atoms with Gasteiger partial charge in [-0.3, -0.25) is 9.59 Å². The number of phenols is 2. The molecule has 1 fully saturated rings. The van der Waals surface area contributed by atoms with Gasteiger partial charge in [-0.15, -0.1) is 0 Å². The molecular formula is C28H32O8. The van der Waals surface area contributed by atoms with Crippen molar-refractivity contribution in [3.05, 3.63) is 77.9 Å². The van der Waals surface area contributed by atoms with Crippen LogP contribution in [0.2, 0.25) is 0 Å². The predicted octanol–water partition coefficient (Wildman–Crippen LogP) is 3.36. The van der Waals surface area contributed by atoms with Crippen LogP contribution in [-0.2, 0) is 9.59 Å². The molecule has 0 spiro atoms. The Kier molecular flexibility index (Phi) is 11.1. The smallest absolute Gasteiger partial charge is 0.200 e. The number of phenolic OH excluding ortho intramolecular Hbond substituents is 2. The van der Waals surface area contributed by atoms with Crippen LogP contribution in [-0.4, -0.2) is 57.6 Å². The third-order valence-corrected chi connectivity index (χ3v) is 5.77. The molecule has 0 radical (unpaired) electrons. The number of aromatic hydroxyl groups is 2. The van der Waals surface area contributed by atoms with Crippen molar-refractivity contribution < 1.29 is 39.5 Å². The number of carbonyl (C=O) groups is 3. The van der Waals surface area contributed by atoms with Gasteiger partial charge >= 0.3 is 0 Å². The van der Waals surface area contributed by atoms with Gasteiger partial charge in [-0.2, -0.15) is 0 Å². The molecule has 4 unspecified atom stereocenters. The molecule has 3 rings (SSSR count). The number of benzene rings is 2. The van der Waals surface area contributed by atoms with E-state index in [4.69, 9.17) is 4.74 Å². The minimum Gasteiger partial charge on any atom is -0.507 e. The SMILES string of the molecule is CCCC=CC=CC1CC(O)C(O)C(=O)C1C=O.COc1ccc(C(=O)c2ccccc2O)c(O)c1. The van der Waals surface area contributed by atoms with Crippen molar-refractivity contribution >= 4 is 17.9 Å². The van der Waals surface area contributed by atoms with Gasteiger partial charge in [0.25, 0.3) is 0 Å². The Morgan fingerprint density at radius 2 is 1.75 bits per heavy atom. The molecule has 0 heterocycles. The maximum absolute atomic E-state index is 12.1. The van der Waals surface area contributed by atoms with Crippen LogP contribution in [0.1, 0.15) is 42.1 Å². The number of methoxy groups -OCH3 is 1. The lowest BCUT2D eigenvalue weighted by molar-refractivity contribution is -0.146. The number of unbranched alkanes of at least 4 members (excludes halogenated alkanes) is 1. The Morgan fingerprint density at radius 1 is 1.06 bits per heavy atom. The molecule has 8 nitrogen and oxygen atoms in total. The van der Waals surface area contributed by atoms with E-state index in [-0.39, 0.29) is 35.0 Å². The van der Waals surface area contributed by atoms with E-state index in [2.05, 4.69) is 6.92 Å². The van der Waals surface area contributed by atoms with Gasteiger partial charge in [0, 0.05) is 6.07 Å². The minimum atomic E-state index is -1.43. The van der Waals surface area contributed by atoms with Gasteiger partial charge in [0.05, 0.1) is 30.3 Å². The van der Waals surface area contributed by atoms with E-state index in [1.54, 1.807) is 30.4 Å². The standard InChI is InChI=1S/C14H12O4.C14H20O4/c1-18-9-6-7-11(13(16)8-9)14(17)10-4-2-3-5-12(10)15;1-2-3-4-5-6-7-10-8-12(16)14(18)13(17)11(10)9-15/h2-8,15-16H,1H3;4-7,9-12,14,16,18H,2-3,8H2,1H3. The fourth-order valence-corrected chi connectivity index (χ4v) is 3.71. The monoisotopic (exact) mass is 496 g/mol. The lowest BCUT2D eigenvalue weighted by atomic mass is 9.76. The second kappa shape index (κ2) is 14.0. The van der Waals surface area contributed by atoms with Gasteiger partial charge in [-0.25, -0.2) is 0 Å². The molecule has 0 aliphatic heterocycles. The molecule has 1 aliphatic rings. The largest absolute Gasteiger partial charge is 0.507 e. The molecule has 0 saturated heterocycles. The fourth-order valence-electron chi connectivity index (χ4n) is 3.71. The molecule has 36 heavy (non-hydrogen) atoms. The van der Waals surface area contributed by atoms with Gasteiger partial charge in [-0.05, 0) is 43.0 Å². The first-order chi connectivity index (χ1) is 17.2. The first kappa shape index (κ1) is 28.5. The summed E-state index contributed by atoms with van der Waals surface area (Å²) in [5.41, 5.74) is 0.273. The molecule has 8 heteroatoms. The topological polar surface area (TPSA) is 141 Å². The number of hydrogen-bond donors (Lipinski definition) is 4. The second-order valence-electron chi connectivity index (χ2n) is 8.31. The number of para-hydroxylation sites is 1. The van der Waals surface area contributed by atoms with Crippen molar-refractivity contribution in [2.24, 2.45) is 11.8 Å². The van der Waals surface area contributed by atoms with Crippen LogP contribution in [0.4, 0.5) is 0 Å². The van der Waals surface area contributed by atoms with Crippen molar-refractivity contribution in [1.82, 2.24) is 0 Å². The van der Waals surface area contributed by atoms with E-state index in [1.165, 1.54) is 31.4 Å². The summed E-state index contributed by atoms with van der Waals surface area (Å²) in [4.78, 5) is 34.6. The number of carbonyl (C=O) groups excluding carboxylic acids is 3. The predicted molar refractivity (Wildman–Crippen MR) is 134 cm³/mol. The lowest BCUT2D eigenvalue weighted by Crippen LogP contribution is -2.47. The Bertz CT molecular complexity index is 1100. The number of Topliss-reactive ketones (excluding diaryl/α,β-unsaturated/α-hetero) is 1. The van der Waals surface area contributed by atoms with E-state index < -0.39 is 29.7 Å².